The van der Waals surface area contributed by atoms with Gasteiger partial charge in [0, 0.05) is 19.1 Å². The molecule has 1 aromatic carbocycles. The van der Waals surface area contributed by atoms with Crippen LogP contribution in [0.15, 0.2) is 29.1 Å². The monoisotopic (exact) mass is 321 g/mol. The van der Waals surface area contributed by atoms with Crippen LogP contribution in [0.1, 0.15) is 31.7 Å². The first-order chi connectivity index (χ1) is 10.6. The van der Waals surface area contributed by atoms with E-state index in [4.69, 9.17) is 0 Å². The molecule has 118 valence electrons. The number of rotatable bonds is 3. The minimum absolute atomic E-state index is 0.0642. The first-order valence-electron chi connectivity index (χ1n) is 7.75. The summed E-state index contributed by atoms with van der Waals surface area (Å²) in [6.45, 7) is 1.02. The molecule has 1 aromatic heterocycles. The maximum Gasteiger partial charge on any atom is 0.326 e. The fourth-order valence-corrected chi connectivity index (χ4v) is 5.24. The van der Waals surface area contributed by atoms with Gasteiger partial charge < -0.3 is 4.98 Å². The van der Waals surface area contributed by atoms with E-state index in [2.05, 4.69) is 4.98 Å². The van der Waals surface area contributed by atoms with Gasteiger partial charge in [-0.3, -0.25) is 4.57 Å². The quantitative estimate of drug-likeness (QED) is 0.930. The Kier molecular flexibility index (Phi) is 3.16. The molecule has 7 heteroatoms. The highest BCUT2D eigenvalue weighted by Crippen LogP contribution is 2.34. The second kappa shape index (κ2) is 4.96. The molecule has 22 heavy (non-hydrogen) atoms. The average Bonchev–Trinajstić information content (AvgIpc) is 3.31. The number of benzene rings is 1. The first-order valence-corrected chi connectivity index (χ1v) is 9.26. The molecule has 0 atom stereocenters. The zero-order valence-electron chi connectivity index (χ0n) is 12.2. The predicted octanol–water partition coefficient (Wildman–Crippen LogP) is 1.46. The number of imidazole rings is 1. The number of nitrogens with one attached hydrogen (secondary N) is 1. The summed E-state index contributed by atoms with van der Waals surface area (Å²) >= 11 is 0. The van der Waals surface area contributed by atoms with Gasteiger partial charge in [-0.05, 0) is 37.8 Å². The predicted molar refractivity (Wildman–Crippen MR) is 84.3 cm³/mol. The Morgan fingerprint density at radius 3 is 2.41 bits per heavy atom. The lowest BCUT2D eigenvalue weighted by molar-refractivity contribution is 0.274. The molecule has 0 bridgehead atoms. The molecule has 2 heterocycles. The molecule has 2 aliphatic rings. The minimum Gasteiger partial charge on any atom is -0.306 e. The highest BCUT2D eigenvalue weighted by molar-refractivity contribution is 7.90. The van der Waals surface area contributed by atoms with Crippen LogP contribution in [0.5, 0.6) is 0 Å². The van der Waals surface area contributed by atoms with Crippen molar-refractivity contribution >= 4 is 21.1 Å². The van der Waals surface area contributed by atoms with Gasteiger partial charge in [0.2, 0.25) is 10.0 Å². The van der Waals surface area contributed by atoms with E-state index in [1.807, 2.05) is 24.3 Å². The normalized spacial score (nSPS) is 21.5. The molecule has 2 fully saturated rings. The van der Waals surface area contributed by atoms with Crippen molar-refractivity contribution in [2.24, 2.45) is 0 Å². The van der Waals surface area contributed by atoms with Crippen molar-refractivity contribution in [2.75, 3.05) is 13.1 Å². The van der Waals surface area contributed by atoms with Crippen LogP contribution in [-0.2, 0) is 10.0 Å². The van der Waals surface area contributed by atoms with E-state index in [1.54, 1.807) is 8.87 Å². The first kappa shape index (κ1) is 14.0. The molecule has 0 amide bonds. The summed E-state index contributed by atoms with van der Waals surface area (Å²) in [5.41, 5.74) is 1.63. The summed E-state index contributed by atoms with van der Waals surface area (Å²) in [5.74, 6) is 0. The van der Waals surface area contributed by atoms with Crippen LogP contribution >= 0.6 is 0 Å². The van der Waals surface area contributed by atoms with E-state index < -0.39 is 10.0 Å². The lowest BCUT2D eigenvalue weighted by Gasteiger charge is -2.31. The fourth-order valence-electron chi connectivity index (χ4n) is 3.37. The average molecular weight is 321 g/mol. The SMILES string of the molecule is O=c1[nH]c2ccccc2n1C1CCN(S(=O)(=O)C2CC2)CC1. The number of sulfonamides is 1. The fraction of sp³-hybridized carbons (Fsp3) is 0.533. The number of piperidine rings is 1. The van der Waals surface area contributed by atoms with Gasteiger partial charge in [0.05, 0.1) is 16.3 Å². The highest BCUT2D eigenvalue weighted by atomic mass is 32.2. The van der Waals surface area contributed by atoms with E-state index >= 15 is 0 Å². The van der Waals surface area contributed by atoms with Crippen molar-refractivity contribution in [1.29, 1.82) is 0 Å². The van der Waals surface area contributed by atoms with Crippen LogP contribution in [0, 0.1) is 0 Å². The highest BCUT2D eigenvalue weighted by Gasteiger charge is 2.41. The number of aromatic amines is 1. The topological polar surface area (TPSA) is 75.2 Å². The molecule has 1 N–H and O–H groups in total. The summed E-state index contributed by atoms with van der Waals surface area (Å²) in [4.78, 5) is 15.1. The molecular weight excluding hydrogens is 302 g/mol. The van der Waals surface area contributed by atoms with Crippen LogP contribution in [0.2, 0.25) is 0 Å². The number of hydrogen-bond acceptors (Lipinski definition) is 3. The zero-order chi connectivity index (χ0) is 15.3. The molecule has 4 rings (SSSR count). The van der Waals surface area contributed by atoms with Crippen LogP contribution in [0.4, 0.5) is 0 Å². The molecular formula is C15H19N3O3S. The summed E-state index contributed by atoms with van der Waals surface area (Å²) in [6, 6.07) is 7.70. The van der Waals surface area contributed by atoms with Gasteiger partial charge in [-0.1, -0.05) is 12.1 Å². The number of aromatic nitrogens is 2. The van der Waals surface area contributed by atoms with Crippen LogP contribution < -0.4 is 5.69 Å². The molecule has 0 radical (unpaired) electrons. The van der Waals surface area contributed by atoms with Gasteiger partial charge >= 0.3 is 5.69 Å². The largest absolute Gasteiger partial charge is 0.326 e. The van der Waals surface area contributed by atoms with Gasteiger partial charge in [-0.25, -0.2) is 17.5 Å². The van der Waals surface area contributed by atoms with Crippen molar-refractivity contribution in [3.8, 4) is 0 Å². The van der Waals surface area contributed by atoms with Crippen molar-refractivity contribution in [1.82, 2.24) is 13.9 Å². The third kappa shape index (κ3) is 2.19. The van der Waals surface area contributed by atoms with Gasteiger partial charge in [-0.15, -0.1) is 0 Å². The number of H-pyrrole nitrogens is 1. The lowest BCUT2D eigenvalue weighted by Crippen LogP contribution is -2.41. The van der Waals surface area contributed by atoms with E-state index in [0.717, 1.165) is 23.9 Å². The second-order valence-electron chi connectivity index (χ2n) is 6.19. The van der Waals surface area contributed by atoms with Gasteiger partial charge in [0.15, 0.2) is 0 Å². The van der Waals surface area contributed by atoms with Crippen LogP contribution in [0.3, 0.4) is 0 Å². The van der Waals surface area contributed by atoms with E-state index in [-0.39, 0.29) is 17.0 Å². The number of para-hydroxylation sites is 2. The number of fused-ring (bicyclic) bond motifs is 1. The molecule has 1 aliphatic carbocycles. The Balaban J connectivity index is 1.58. The minimum atomic E-state index is -3.10. The van der Waals surface area contributed by atoms with E-state index in [0.29, 0.717) is 25.9 Å². The Labute approximate surface area is 128 Å². The van der Waals surface area contributed by atoms with Crippen molar-refractivity contribution in [2.45, 2.75) is 37.0 Å². The molecule has 1 aliphatic heterocycles. The molecule has 0 unspecified atom stereocenters. The van der Waals surface area contributed by atoms with E-state index in [9.17, 15) is 13.2 Å². The molecule has 2 aromatic rings. The Morgan fingerprint density at radius 1 is 1.05 bits per heavy atom. The third-order valence-electron chi connectivity index (χ3n) is 4.72. The zero-order valence-corrected chi connectivity index (χ0v) is 13.1. The number of hydrogen-bond donors (Lipinski definition) is 1. The molecule has 6 nitrogen and oxygen atoms in total. The smallest absolute Gasteiger partial charge is 0.306 e. The summed E-state index contributed by atoms with van der Waals surface area (Å²) in [6.07, 6.45) is 2.97. The van der Waals surface area contributed by atoms with E-state index in [1.165, 1.54) is 0 Å². The summed E-state index contributed by atoms with van der Waals surface area (Å²) < 4.78 is 27.9. The van der Waals surface area contributed by atoms with Crippen LogP contribution in [-0.4, -0.2) is 40.6 Å². The second-order valence-corrected chi connectivity index (χ2v) is 8.40. The molecule has 1 saturated heterocycles. The maximum absolute atomic E-state index is 12.3. The Hall–Kier alpha value is -1.60. The van der Waals surface area contributed by atoms with Crippen LogP contribution in [0.25, 0.3) is 11.0 Å². The maximum atomic E-state index is 12.3. The third-order valence-corrected chi connectivity index (χ3v) is 7.12. The lowest BCUT2D eigenvalue weighted by atomic mass is 10.1. The Morgan fingerprint density at radius 2 is 1.73 bits per heavy atom. The summed E-state index contributed by atoms with van der Waals surface area (Å²) in [7, 11) is -3.10. The van der Waals surface area contributed by atoms with Crippen molar-refractivity contribution < 1.29 is 8.42 Å². The van der Waals surface area contributed by atoms with Gasteiger partial charge in [0.25, 0.3) is 0 Å². The van der Waals surface area contributed by atoms with Gasteiger partial charge in [0.1, 0.15) is 0 Å². The molecule has 0 spiro atoms. The standard InChI is InChI=1S/C15H19N3O3S/c19-15-16-13-3-1-2-4-14(13)18(15)11-7-9-17(10-8-11)22(20,21)12-5-6-12/h1-4,11-12H,5-10H2,(H,16,19). The van der Waals surface area contributed by atoms with Crippen molar-refractivity contribution in [3.63, 3.8) is 0 Å². The molecule has 1 saturated carbocycles. The van der Waals surface area contributed by atoms with Gasteiger partial charge in [-0.2, -0.15) is 0 Å². The van der Waals surface area contributed by atoms with Crippen molar-refractivity contribution in [3.05, 3.63) is 34.7 Å². The Bertz CT molecular complexity index is 856. The number of nitrogens with zero attached hydrogens (tertiary/aromatic N) is 2. The summed E-state index contributed by atoms with van der Waals surface area (Å²) in [5, 5.41) is -0.153.